The highest BCUT2D eigenvalue weighted by Crippen LogP contribution is 2.26. The second-order valence-electron chi connectivity index (χ2n) is 4.03. The van der Waals surface area contributed by atoms with Gasteiger partial charge in [-0.1, -0.05) is 6.07 Å². The van der Waals surface area contributed by atoms with Gasteiger partial charge in [0.05, 0.1) is 6.33 Å². The van der Waals surface area contributed by atoms with E-state index in [2.05, 4.69) is 60.0 Å². The Morgan fingerprint density at radius 2 is 2.16 bits per heavy atom. The fourth-order valence-corrected chi connectivity index (χ4v) is 2.41. The van der Waals surface area contributed by atoms with Gasteiger partial charge in [-0.25, -0.2) is 4.98 Å². The van der Waals surface area contributed by atoms with Crippen LogP contribution >= 0.6 is 34.2 Å². The van der Waals surface area contributed by atoms with Gasteiger partial charge in [0.1, 0.15) is 5.52 Å². The summed E-state index contributed by atoms with van der Waals surface area (Å²) in [6.45, 7) is 2.03. The minimum absolute atomic E-state index is 0.172. The lowest BCUT2D eigenvalue weighted by Crippen LogP contribution is -1.99. The fourth-order valence-electron chi connectivity index (χ4n) is 1.75. The maximum Gasteiger partial charge on any atom is 0.226 e. The van der Waals surface area contributed by atoms with Gasteiger partial charge in [-0.15, -0.1) is 0 Å². The van der Waals surface area contributed by atoms with Gasteiger partial charge in [0.2, 0.25) is 5.28 Å². The number of H-pyrrole nitrogens is 1. The average molecular weight is 386 g/mol. The summed E-state index contributed by atoms with van der Waals surface area (Å²) in [6.07, 6.45) is 1.57. The zero-order chi connectivity index (χ0) is 13.4. The topological polar surface area (TPSA) is 66.5 Å². The van der Waals surface area contributed by atoms with E-state index in [0.29, 0.717) is 11.5 Å². The molecule has 3 aromatic rings. The molecule has 0 atom stereocenters. The Labute approximate surface area is 128 Å². The second-order valence-corrected chi connectivity index (χ2v) is 5.61. The molecule has 2 heterocycles. The van der Waals surface area contributed by atoms with E-state index in [1.54, 1.807) is 6.33 Å². The van der Waals surface area contributed by atoms with Crippen LogP contribution in [0.15, 0.2) is 24.5 Å². The monoisotopic (exact) mass is 385 g/mol. The molecule has 3 rings (SSSR count). The smallest absolute Gasteiger partial charge is 0.226 e. The molecule has 5 nitrogen and oxygen atoms in total. The summed E-state index contributed by atoms with van der Waals surface area (Å²) in [6, 6.07) is 6.16. The second kappa shape index (κ2) is 4.93. The summed E-state index contributed by atoms with van der Waals surface area (Å²) in [4.78, 5) is 15.4. The van der Waals surface area contributed by atoms with Crippen molar-refractivity contribution in [3.63, 3.8) is 0 Å². The minimum Gasteiger partial charge on any atom is -0.340 e. The van der Waals surface area contributed by atoms with E-state index in [-0.39, 0.29) is 5.28 Å². The predicted octanol–water partition coefficient (Wildman–Crippen LogP) is 3.66. The first-order chi connectivity index (χ1) is 9.13. The normalized spacial score (nSPS) is 10.9. The molecule has 0 saturated carbocycles. The molecule has 0 spiro atoms. The zero-order valence-corrected chi connectivity index (χ0v) is 12.8. The highest BCUT2D eigenvalue weighted by atomic mass is 127. The number of anilines is 2. The molecular formula is C12H9ClIN5. The van der Waals surface area contributed by atoms with Crippen LogP contribution in [0, 0.1) is 10.5 Å². The molecule has 0 amide bonds. The molecule has 0 unspecified atom stereocenters. The number of hydrogen-bond donors (Lipinski definition) is 2. The van der Waals surface area contributed by atoms with Gasteiger partial charge in [0.25, 0.3) is 0 Å². The third kappa shape index (κ3) is 2.50. The van der Waals surface area contributed by atoms with E-state index in [0.717, 1.165) is 20.3 Å². The van der Waals surface area contributed by atoms with Crippen molar-refractivity contribution in [1.82, 2.24) is 19.9 Å². The molecular weight excluding hydrogens is 377 g/mol. The van der Waals surface area contributed by atoms with Gasteiger partial charge in [-0.3, -0.25) is 0 Å². The van der Waals surface area contributed by atoms with E-state index < -0.39 is 0 Å². The number of imidazole rings is 1. The lowest BCUT2D eigenvalue weighted by Gasteiger charge is -2.10. The number of fused-ring (bicyclic) bond motifs is 1. The molecule has 0 aliphatic carbocycles. The molecule has 1 aromatic carbocycles. The molecule has 7 heteroatoms. The number of hydrogen-bond acceptors (Lipinski definition) is 4. The van der Waals surface area contributed by atoms with Crippen LogP contribution in [0.4, 0.5) is 11.5 Å². The Bertz CT molecular complexity index is 755. The van der Waals surface area contributed by atoms with Gasteiger partial charge < -0.3 is 10.3 Å². The standard InChI is InChI=1S/C12H9ClIN5/c1-6-2-3-7(14)4-8(6)17-11-9-10(16-5-15-9)18-12(13)19-11/h2-5H,1H3,(H2,15,16,17,18,19). The summed E-state index contributed by atoms with van der Waals surface area (Å²) in [5.41, 5.74) is 3.40. The van der Waals surface area contributed by atoms with Crippen LogP contribution in [-0.4, -0.2) is 19.9 Å². The SMILES string of the molecule is Cc1ccc(I)cc1Nc1nc(Cl)nc2nc[nH]c12. The maximum atomic E-state index is 5.90. The Hall–Kier alpha value is -1.41. The number of benzene rings is 1. The number of nitrogens with one attached hydrogen (secondary N) is 2. The van der Waals surface area contributed by atoms with E-state index >= 15 is 0 Å². The van der Waals surface area contributed by atoms with E-state index in [9.17, 15) is 0 Å². The van der Waals surface area contributed by atoms with E-state index in [4.69, 9.17) is 11.6 Å². The quantitative estimate of drug-likeness (QED) is 0.522. The third-order valence-electron chi connectivity index (χ3n) is 2.71. The van der Waals surface area contributed by atoms with Crippen LogP contribution in [0.2, 0.25) is 5.28 Å². The van der Waals surface area contributed by atoms with Crippen LogP contribution in [0.5, 0.6) is 0 Å². The first kappa shape index (κ1) is 12.6. The summed E-state index contributed by atoms with van der Waals surface area (Å²) < 4.78 is 1.15. The van der Waals surface area contributed by atoms with Crippen molar-refractivity contribution in [2.24, 2.45) is 0 Å². The largest absolute Gasteiger partial charge is 0.340 e. The Morgan fingerprint density at radius 1 is 1.32 bits per heavy atom. The number of aromatic nitrogens is 4. The van der Waals surface area contributed by atoms with Gasteiger partial charge in [0, 0.05) is 9.26 Å². The highest BCUT2D eigenvalue weighted by Gasteiger charge is 2.10. The minimum atomic E-state index is 0.172. The summed E-state index contributed by atoms with van der Waals surface area (Å²) in [5, 5.41) is 3.44. The molecule has 96 valence electrons. The highest BCUT2D eigenvalue weighted by molar-refractivity contribution is 14.1. The first-order valence-electron chi connectivity index (χ1n) is 5.53. The average Bonchev–Trinajstić information content (AvgIpc) is 2.82. The number of nitrogens with zero attached hydrogens (tertiary/aromatic N) is 3. The fraction of sp³-hybridized carbons (Fsp3) is 0.0833. The van der Waals surface area contributed by atoms with Crippen LogP contribution in [0.1, 0.15) is 5.56 Å². The summed E-state index contributed by atoms with van der Waals surface area (Å²) >= 11 is 8.17. The van der Waals surface area contributed by atoms with Crippen molar-refractivity contribution in [3.8, 4) is 0 Å². The zero-order valence-electron chi connectivity index (χ0n) is 9.91. The van der Waals surface area contributed by atoms with Crippen LogP contribution in [-0.2, 0) is 0 Å². The summed E-state index contributed by atoms with van der Waals surface area (Å²) in [5.74, 6) is 0.623. The first-order valence-corrected chi connectivity index (χ1v) is 6.99. The maximum absolute atomic E-state index is 5.90. The van der Waals surface area contributed by atoms with Gasteiger partial charge in [-0.2, -0.15) is 9.97 Å². The Morgan fingerprint density at radius 3 is 3.00 bits per heavy atom. The number of halogens is 2. The van der Waals surface area contributed by atoms with Crippen LogP contribution in [0.25, 0.3) is 11.2 Å². The molecule has 2 aromatic heterocycles. The Balaban J connectivity index is 2.10. The molecule has 0 radical (unpaired) electrons. The lowest BCUT2D eigenvalue weighted by molar-refractivity contribution is 1.19. The lowest BCUT2D eigenvalue weighted by atomic mass is 10.2. The van der Waals surface area contributed by atoms with Crippen molar-refractivity contribution >= 4 is 56.9 Å². The molecule has 19 heavy (non-hydrogen) atoms. The molecule has 0 bridgehead atoms. The van der Waals surface area contributed by atoms with Crippen molar-refractivity contribution in [2.45, 2.75) is 6.92 Å². The molecule has 0 aliphatic rings. The predicted molar refractivity (Wildman–Crippen MR) is 83.9 cm³/mol. The van der Waals surface area contributed by atoms with Crippen LogP contribution < -0.4 is 5.32 Å². The molecule has 2 N–H and O–H groups in total. The van der Waals surface area contributed by atoms with E-state index in [1.807, 2.05) is 13.0 Å². The van der Waals surface area contributed by atoms with Gasteiger partial charge in [-0.05, 0) is 58.8 Å². The number of aromatic amines is 1. The number of aryl methyl sites for hydroxylation is 1. The third-order valence-corrected chi connectivity index (χ3v) is 3.55. The van der Waals surface area contributed by atoms with Crippen molar-refractivity contribution in [1.29, 1.82) is 0 Å². The van der Waals surface area contributed by atoms with Crippen molar-refractivity contribution in [2.75, 3.05) is 5.32 Å². The van der Waals surface area contributed by atoms with Crippen molar-refractivity contribution < 1.29 is 0 Å². The van der Waals surface area contributed by atoms with E-state index in [1.165, 1.54) is 0 Å². The van der Waals surface area contributed by atoms with Crippen molar-refractivity contribution in [3.05, 3.63) is 38.9 Å². The molecule has 0 saturated heterocycles. The van der Waals surface area contributed by atoms with Gasteiger partial charge >= 0.3 is 0 Å². The van der Waals surface area contributed by atoms with Crippen LogP contribution in [0.3, 0.4) is 0 Å². The number of rotatable bonds is 2. The molecule has 0 aliphatic heterocycles. The summed E-state index contributed by atoms with van der Waals surface area (Å²) in [7, 11) is 0. The molecule has 0 fully saturated rings. The Kier molecular flexibility index (Phi) is 3.28. The van der Waals surface area contributed by atoms with Gasteiger partial charge in [0.15, 0.2) is 11.5 Å².